The normalized spacial score (nSPS) is 11.4. The van der Waals surface area contributed by atoms with Gasteiger partial charge in [0, 0.05) is 11.6 Å². The number of carbonyl (C=O) groups is 2. The van der Waals surface area contributed by atoms with Crippen molar-refractivity contribution in [3.8, 4) is 0 Å². The molecule has 2 amide bonds. The summed E-state index contributed by atoms with van der Waals surface area (Å²) in [6.45, 7) is 3.83. The summed E-state index contributed by atoms with van der Waals surface area (Å²) in [5.74, 6) is -3.69. The maximum Gasteiger partial charge on any atom is 0.241 e. The number of rotatable bonds is 7. The average molecular weight is 400 g/mol. The first-order chi connectivity index (χ1) is 12.1. The van der Waals surface area contributed by atoms with Crippen molar-refractivity contribution in [2.75, 3.05) is 22.1 Å². The minimum Gasteiger partial charge on any atom is -0.325 e. The van der Waals surface area contributed by atoms with Gasteiger partial charge < -0.3 is 5.32 Å². The van der Waals surface area contributed by atoms with Crippen LogP contribution in [-0.4, -0.2) is 41.9 Å². The van der Waals surface area contributed by atoms with E-state index in [0.29, 0.717) is 5.01 Å². The number of anilines is 2. The molecule has 2 aromatic rings. The van der Waals surface area contributed by atoms with Gasteiger partial charge in [-0.05, 0) is 24.3 Å². The van der Waals surface area contributed by atoms with Gasteiger partial charge in [-0.25, -0.2) is 12.8 Å². The highest BCUT2D eigenvalue weighted by Gasteiger charge is 2.22. The SMILES string of the molecule is CC(C)c1nnc(NC(=O)CS(=O)(=O)CC(=O)Nc2ccc(F)cc2)s1. The maximum absolute atomic E-state index is 12.8. The van der Waals surface area contributed by atoms with Gasteiger partial charge in [-0.1, -0.05) is 25.2 Å². The average Bonchev–Trinajstić information content (AvgIpc) is 2.96. The molecule has 0 aliphatic carbocycles. The molecule has 0 bridgehead atoms. The van der Waals surface area contributed by atoms with Gasteiger partial charge in [0.2, 0.25) is 16.9 Å². The molecule has 2 N–H and O–H groups in total. The Morgan fingerprint density at radius 2 is 1.65 bits per heavy atom. The fourth-order valence-corrected chi connectivity index (χ4v) is 3.66. The third-order valence-electron chi connectivity index (χ3n) is 3.01. The van der Waals surface area contributed by atoms with Crippen molar-refractivity contribution < 1.29 is 22.4 Å². The number of nitrogens with zero attached hydrogens (tertiary/aromatic N) is 2. The van der Waals surface area contributed by atoms with Crippen molar-refractivity contribution in [3.05, 3.63) is 35.1 Å². The fraction of sp³-hybridized carbons (Fsp3) is 0.333. The van der Waals surface area contributed by atoms with E-state index in [0.717, 1.165) is 23.5 Å². The van der Waals surface area contributed by atoms with E-state index in [4.69, 9.17) is 0 Å². The number of hydrogen-bond acceptors (Lipinski definition) is 7. The van der Waals surface area contributed by atoms with Crippen LogP contribution in [0.3, 0.4) is 0 Å². The Kier molecular flexibility index (Phi) is 6.37. The number of hydrogen-bond donors (Lipinski definition) is 2. The summed E-state index contributed by atoms with van der Waals surface area (Å²) in [4.78, 5) is 23.7. The Balaban J connectivity index is 1.89. The molecule has 0 aliphatic heterocycles. The van der Waals surface area contributed by atoms with Crippen molar-refractivity contribution in [1.82, 2.24) is 10.2 Å². The molecule has 1 aromatic heterocycles. The smallest absolute Gasteiger partial charge is 0.241 e. The first-order valence-electron chi connectivity index (χ1n) is 7.54. The Morgan fingerprint density at radius 1 is 1.08 bits per heavy atom. The lowest BCUT2D eigenvalue weighted by Crippen LogP contribution is -2.30. The molecule has 0 unspecified atom stereocenters. The molecule has 0 saturated carbocycles. The second-order valence-corrected chi connectivity index (χ2v) is 8.81. The minimum atomic E-state index is -3.98. The van der Waals surface area contributed by atoms with Crippen molar-refractivity contribution in [1.29, 1.82) is 0 Å². The van der Waals surface area contributed by atoms with Gasteiger partial charge in [-0.2, -0.15) is 0 Å². The van der Waals surface area contributed by atoms with Gasteiger partial charge in [0.25, 0.3) is 0 Å². The number of sulfone groups is 1. The van der Waals surface area contributed by atoms with E-state index >= 15 is 0 Å². The summed E-state index contributed by atoms with van der Waals surface area (Å²) in [5.41, 5.74) is 0.256. The van der Waals surface area contributed by atoms with Crippen LogP contribution in [0.5, 0.6) is 0 Å². The Bertz CT molecular complexity index is 895. The highest BCUT2D eigenvalue weighted by molar-refractivity contribution is 7.92. The molecule has 2 rings (SSSR count). The van der Waals surface area contributed by atoms with Crippen LogP contribution < -0.4 is 10.6 Å². The van der Waals surface area contributed by atoms with Crippen LogP contribution in [0, 0.1) is 5.82 Å². The number of carbonyl (C=O) groups excluding carboxylic acids is 2. The van der Waals surface area contributed by atoms with E-state index in [1.807, 2.05) is 13.8 Å². The van der Waals surface area contributed by atoms with Gasteiger partial charge >= 0.3 is 0 Å². The molecule has 11 heteroatoms. The molecule has 0 saturated heterocycles. The second-order valence-electron chi connectivity index (χ2n) is 5.74. The molecule has 0 radical (unpaired) electrons. The quantitative estimate of drug-likeness (QED) is 0.732. The van der Waals surface area contributed by atoms with E-state index in [2.05, 4.69) is 20.8 Å². The molecule has 0 spiro atoms. The van der Waals surface area contributed by atoms with Crippen LogP contribution in [-0.2, 0) is 19.4 Å². The van der Waals surface area contributed by atoms with Crippen LogP contribution in [0.15, 0.2) is 24.3 Å². The molecule has 0 aliphatic rings. The summed E-state index contributed by atoms with van der Waals surface area (Å²) in [6.07, 6.45) is 0. The van der Waals surface area contributed by atoms with Crippen LogP contribution in [0.25, 0.3) is 0 Å². The van der Waals surface area contributed by atoms with Crippen molar-refractivity contribution in [2.24, 2.45) is 0 Å². The summed E-state index contributed by atoms with van der Waals surface area (Å²) in [6, 6.07) is 4.86. The molecule has 1 aromatic carbocycles. The van der Waals surface area contributed by atoms with Crippen LogP contribution >= 0.6 is 11.3 Å². The van der Waals surface area contributed by atoms with Gasteiger partial charge in [-0.15, -0.1) is 10.2 Å². The molecular formula is C15H17FN4O4S2. The first-order valence-corrected chi connectivity index (χ1v) is 10.2. The molecule has 0 atom stereocenters. The lowest BCUT2D eigenvalue weighted by molar-refractivity contribution is -0.114. The van der Waals surface area contributed by atoms with Crippen LogP contribution in [0.2, 0.25) is 0 Å². The third-order valence-corrected chi connectivity index (χ3v) is 5.55. The predicted molar refractivity (Wildman–Crippen MR) is 96.3 cm³/mol. The fourth-order valence-electron chi connectivity index (χ4n) is 1.85. The van der Waals surface area contributed by atoms with E-state index in [-0.39, 0.29) is 16.7 Å². The van der Waals surface area contributed by atoms with Crippen molar-refractivity contribution >= 4 is 43.8 Å². The lowest BCUT2D eigenvalue weighted by Gasteiger charge is -2.06. The molecule has 140 valence electrons. The lowest BCUT2D eigenvalue weighted by atomic mass is 10.2. The molecule has 8 nitrogen and oxygen atoms in total. The van der Waals surface area contributed by atoms with Crippen molar-refractivity contribution in [2.45, 2.75) is 19.8 Å². The van der Waals surface area contributed by atoms with E-state index in [9.17, 15) is 22.4 Å². The Morgan fingerprint density at radius 3 is 2.19 bits per heavy atom. The Labute approximate surface area is 153 Å². The number of amides is 2. The standard InChI is InChI=1S/C15H17FN4O4S2/c1-9(2)14-19-20-15(25-14)18-13(22)8-26(23,24)7-12(21)17-11-5-3-10(16)4-6-11/h3-6,9H,7-8H2,1-2H3,(H,17,21)(H,18,20,22). The molecule has 26 heavy (non-hydrogen) atoms. The molecule has 0 fully saturated rings. The zero-order chi connectivity index (χ0) is 19.3. The highest BCUT2D eigenvalue weighted by atomic mass is 32.2. The van der Waals surface area contributed by atoms with Crippen molar-refractivity contribution in [3.63, 3.8) is 0 Å². The monoisotopic (exact) mass is 400 g/mol. The minimum absolute atomic E-state index is 0.136. The summed E-state index contributed by atoms with van der Waals surface area (Å²) < 4.78 is 36.8. The number of aromatic nitrogens is 2. The van der Waals surface area contributed by atoms with Crippen LogP contribution in [0.4, 0.5) is 15.2 Å². The number of benzene rings is 1. The third kappa shape index (κ3) is 6.15. The van der Waals surface area contributed by atoms with Gasteiger partial charge in [0.15, 0.2) is 9.84 Å². The van der Waals surface area contributed by atoms with Crippen LogP contribution in [0.1, 0.15) is 24.8 Å². The largest absolute Gasteiger partial charge is 0.325 e. The van der Waals surface area contributed by atoms with Gasteiger partial charge in [-0.3, -0.25) is 14.9 Å². The summed E-state index contributed by atoms with van der Waals surface area (Å²) in [5, 5.41) is 13.2. The molecule has 1 heterocycles. The number of halogens is 1. The van der Waals surface area contributed by atoms with Gasteiger partial charge in [0.05, 0.1) is 0 Å². The summed E-state index contributed by atoms with van der Waals surface area (Å²) in [7, 11) is -3.98. The maximum atomic E-state index is 12.8. The Hall–Kier alpha value is -2.40. The highest BCUT2D eigenvalue weighted by Crippen LogP contribution is 2.22. The zero-order valence-electron chi connectivity index (χ0n) is 14.0. The topological polar surface area (TPSA) is 118 Å². The summed E-state index contributed by atoms with van der Waals surface area (Å²) >= 11 is 1.15. The van der Waals surface area contributed by atoms with E-state index < -0.39 is 39.0 Å². The van der Waals surface area contributed by atoms with E-state index in [1.54, 1.807) is 0 Å². The van der Waals surface area contributed by atoms with Gasteiger partial charge in [0.1, 0.15) is 22.3 Å². The predicted octanol–water partition coefficient (Wildman–Crippen LogP) is 1.79. The first kappa shape index (κ1) is 19.9. The molecular weight excluding hydrogens is 383 g/mol. The number of nitrogens with one attached hydrogen (secondary N) is 2. The second kappa shape index (κ2) is 8.32. The zero-order valence-corrected chi connectivity index (χ0v) is 15.7. The van der Waals surface area contributed by atoms with E-state index in [1.165, 1.54) is 12.1 Å².